The number of nitrogens with zero attached hydrogens (tertiary/aromatic N) is 3. The van der Waals surface area contributed by atoms with Gasteiger partial charge >= 0.3 is 0 Å². The minimum Gasteiger partial charge on any atom is -0.313 e. The molecule has 1 unspecified atom stereocenters. The molecule has 0 spiro atoms. The van der Waals surface area contributed by atoms with Gasteiger partial charge in [0.1, 0.15) is 11.7 Å². The molecule has 5 nitrogen and oxygen atoms in total. The van der Waals surface area contributed by atoms with Crippen LogP contribution in [-0.4, -0.2) is 33.3 Å². The second-order valence-electron chi connectivity index (χ2n) is 5.72. The van der Waals surface area contributed by atoms with Crippen molar-refractivity contribution in [3.8, 4) is 0 Å². The average molecular weight is 372 g/mol. The third kappa shape index (κ3) is 2.01. The van der Waals surface area contributed by atoms with E-state index in [2.05, 4.69) is 20.9 Å². The maximum absolute atomic E-state index is 12.7. The average Bonchev–Trinajstić information content (AvgIpc) is 2.89. The lowest BCUT2D eigenvalue weighted by Crippen LogP contribution is -2.43. The van der Waals surface area contributed by atoms with Gasteiger partial charge in [-0.3, -0.25) is 14.5 Å². The van der Waals surface area contributed by atoms with Gasteiger partial charge in [0.05, 0.1) is 5.52 Å². The molecular weight excluding hydrogens is 358 g/mol. The monoisotopic (exact) mass is 371 g/mol. The lowest BCUT2D eigenvalue weighted by atomic mass is 10.0. The molecule has 1 aromatic carbocycles. The maximum atomic E-state index is 12.7. The lowest BCUT2D eigenvalue weighted by Gasteiger charge is -2.29. The molecule has 1 saturated heterocycles. The van der Waals surface area contributed by atoms with E-state index in [0.717, 1.165) is 26.4 Å². The van der Waals surface area contributed by atoms with E-state index in [4.69, 9.17) is 0 Å². The molecule has 0 aliphatic carbocycles. The predicted molar refractivity (Wildman–Crippen MR) is 91.0 cm³/mol. The quantitative estimate of drug-likeness (QED) is 0.616. The second kappa shape index (κ2) is 5.16. The van der Waals surface area contributed by atoms with Gasteiger partial charge in [-0.15, -0.1) is 0 Å². The Morgan fingerprint density at radius 1 is 1.22 bits per heavy atom. The van der Waals surface area contributed by atoms with E-state index in [1.54, 1.807) is 13.2 Å². The summed E-state index contributed by atoms with van der Waals surface area (Å²) in [5, 5.41) is 2.05. The Morgan fingerprint density at radius 3 is 2.87 bits per heavy atom. The highest BCUT2D eigenvalue weighted by Gasteiger charge is 2.35. The number of rotatable bonds is 1. The molecule has 1 fully saturated rings. The van der Waals surface area contributed by atoms with Crippen molar-refractivity contribution in [3.05, 3.63) is 41.0 Å². The first-order chi connectivity index (χ1) is 11.1. The number of hydrogen-bond donors (Lipinski definition) is 0. The first kappa shape index (κ1) is 14.4. The highest BCUT2D eigenvalue weighted by molar-refractivity contribution is 9.10. The zero-order valence-electron chi connectivity index (χ0n) is 12.5. The SMILES string of the molecule is CN1C(=O)CCC(n2c3cccc(Br)c3c3cccnc32)C1=O. The Balaban J connectivity index is 2.04. The number of fused-ring (bicyclic) bond motifs is 3. The zero-order valence-corrected chi connectivity index (χ0v) is 14.1. The fraction of sp³-hybridized carbons (Fsp3) is 0.235. The van der Waals surface area contributed by atoms with E-state index < -0.39 is 6.04 Å². The summed E-state index contributed by atoms with van der Waals surface area (Å²) in [4.78, 5) is 30.2. The van der Waals surface area contributed by atoms with Crippen LogP contribution < -0.4 is 0 Å². The molecule has 0 saturated carbocycles. The smallest absolute Gasteiger partial charge is 0.252 e. The molecule has 6 heteroatoms. The number of benzene rings is 1. The van der Waals surface area contributed by atoms with Crippen molar-refractivity contribution in [1.29, 1.82) is 0 Å². The molecule has 0 radical (unpaired) electrons. The molecule has 1 aliphatic heterocycles. The third-order valence-electron chi connectivity index (χ3n) is 4.47. The van der Waals surface area contributed by atoms with Gasteiger partial charge in [-0.1, -0.05) is 22.0 Å². The zero-order chi connectivity index (χ0) is 16.1. The summed E-state index contributed by atoms with van der Waals surface area (Å²) in [5.74, 6) is -0.299. The maximum Gasteiger partial charge on any atom is 0.252 e. The van der Waals surface area contributed by atoms with Crippen molar-refractivity contribution < 1.29 is 9.59 Å². The molecule has 1 atom stereocenters. The van der Waals surface area contributed by atoms with Gasteiger partial charge < -0.3 is 4.57 Å². The van der Waals surface area contributed by atoms with Gasteiger partial charge in [0.2, 0.25) is 5.91 Å². The van der Waals surface area contributed by atoms with Gasteiger partial charge in [-0.25, -0.2) is 4.98 Å². The van der Waals surface area contributed by atoms with E-state index in [1.807, 2.05) is 34.9 Å². The summed E-state index contributed by atoms with van der Waals surface area (Å²) in [6.07, 6.45) is 2.60. The Hall–Kier alpha value is -2.21. The summed E-state index contributed by atoms with van der Waals surface area (Å²) in [5.41, 5.74) is 1.73. The number of likely N-dealkylation sites (N-methyl/N-ethyl adjacent to an activating group) is 1. The molecule has 116 valence electrons. The summed E-state index contributed by atoms with van der Waals surface area (Å²) in [6.45, 7) is 0. The number of likely N-dealkylation sites (tertiary alicyclic amines) is 1. The molecule has 2 amide bonds. The number of pyridine rings is 1. The molecular formula is C17H14BrN3O2. The number of amides is 2. The fourth-order valence-corrected chi connectivity index (χ4v) is 3.90. The molecule has 0 bridgehead atoms. The molecule has 4 rings (SSSR count). The van der Waals surface area contributed by atoms with Crippen LogP contribution in [0.25, 0.3) is 21.9 Å². The summed E-state index contributed by atoms with van der Waals surface area (Å²) in [6, 6.07) is 9.42. The standard InChI is InChI=1S/C17H14BrN3O2/c1-20-14(22)8-7-13(17(20)23)21-12-6-2-5-11(18)15(12)10-4-3-9-19-16(10)21/h2-6,9,13H,7-8H2,1H3. The second-order valence-corrected chi connectivity index (χ2v) is 6.58. The molecule has 2 aromatic heterocycles. The van der Waals surface area contributed by atoms with Crippen LogP contribution in [0.2, 0.25) is 0 Å². The molecule has 23 heavy (non-hydrogen) atoms. The Labute approximate surface area is 141 Å². The largest absolute Gasteiger partial charge is 0.313 e. The van der Waals surface area contributed by atoms with Gasteiger partial charge in [0.25, 0.3) is 5.91 Å². The fourth-order valence-electron chi connectivity index (χ4n) is 3.33. The van der Waals surface area contributed by atoms with Crippen LogP contribution in [0, 0.1) is 0 Å². The summed E-state index contributed by atoms with van der Waals surface area (Å²) < 4.78 is 2.94. The lowest BCUT2D eigenvalue weighted by molar-refractivity contribution is -0.149. The van der Waals surface area contributed by atoms with Crippen LogP contribution in [0.1, 0.15) is 18.9 Å². The number of aromatic nitrogens is 2. The molecule has 3 aromatic rings. The Bertz CT molecular complexity index is 963. The van der Waals surface area contributed by atoms with Gasteiger partial charge in [0, 0.05) is 34.9 Å². The molecule has 3 heterocycles. The van der Waals surface area contributed by atoms with Crippen LogP contribution in [0.5, 0.6) is 0 Å². The topological polar surface area (TPSA) is 55.2 Å². The van der Waals surface area contributed by atoms with Crippen LogP contribution >= 0.6 is 15.9 Å². The van der Waals surface area contributed by atoms with E-state index in [1.165, 1.54) is 4.90 Å². The number of imide groups is 1. The Morgan fingerprint density at radius 2 is 2.04 bits per heavy atom. The highest BCUT2D eigenvalue weighted by atomic mass is 79.9. The van der Waals surface area contributed by atoms with Gasteiger partial charge in [-0.2, -0.15) is 0 Å². The number of carbonyl (C=O) groups is 2. The minimum absolute atomic E-state index is 0.124. The van der Waals surface area contributed by atoms with E-state index >= 15 is 0 Å². The van der Waals surface area contributed by atoms with Crippen molar-refractivity contribution in [1.82, 2.24) is 14.5 Å². The van der Waals surface area contributed by atoms with E-state index in [9.17, 15) is 9.59 Å². The van der Waals surface area contributed by atoms with Crippen LogP contribution in [-0.2, 0) is 9.59 Å². The Kier molecular flexibility index (Phi) is 3.23. The summed E-state index contributed by atoms with van der Waals surface area (Å²) >= 11 is 3.60. The van der Waals surface area contributed by atoms with E-state index in [-0.39, 0.29) is 11.8 Å². The van der Waals surface area contributed by atoms with Crippen LogP contribution in [0.15, 0.2) is 41.0 Å². The number of carbonyl (C=O) groups excluding carboxylic acids is 2. The van der Waals surface area contributed by atoms with Crippen molar-refractivity contribution in [2.45, 2.75) is 18.9 Å². The first-order valence-electron chi connectivity index (χ1n) is 7.43. The molecule has 1 aliphatic rings. The summed E-state index contributed by atoms with van der Waals surface area (Å²) in [7, 11) is 1.55. The normalized spacial score (nSPS) is 19.0. The van der Waals surface area contributed by atoms with E-state index in [0.29, 0.717) is 12.8 Å². The van der Waals surface area contributed by atoms with Crippen molar-refractivity contribution >= 4 is 49.7 Å². The highest BCUT2D eigenvalue weighted by Crippen LogP contribution is 2.37. The predicted octanol–water partition coefficient (Wildman–Crippen LogP) is 3.27. The van der Waals surface area contributed by atoms with Crippen molar-refractivity contribution in [3.63, 3.8) is 0 Å². The minimum atomic E-state index is -0.401. The third-order valence-corrected chi connectivity index (χ3v) is 5.13. The van der Waals surface area contributed by atoms with Crippen LogP contribution in [0.3, 0.4) is 0 Å². The van der Waals surface area contributed by atoms with Gasteiger partial charge in [0.15, 0.2) is 0 Å². The number of halogens is 1. The molecule has 0 N–H and O–H groups in total. The van der Waals surface area contributed by atoms with Crippen molar-refractivity contribution in [2.24, 2.45) is 0 Å². The first-order valence-corrected chi connectivity index (χ1v) is 8.22. The number of piperidine rings is 1. The van der Waals surface area contributed by atoms with Crippen LogP contribution in [0.4, 0.5) is 0 Å². The van der Waals surface area contributed by atoms with Crippen molar-refractivity contribution in [2.75, 3.05) is 7.05 Å². The van der Waals surface area contributed by atoms with Gasteiger partial charge in [-0.05, 0) is 30.7 Å². The number of hydrogen-bond acceptors (Lipinski definition) is 3.